The summed E-state index contributed by atoms with van der Waals surface area (Å²) >= 11 is 0. The van der Waals surface area contributed by atoms with Crippen molar-refractivity contribution in [2.75, 3.05) is 7.05 Å². The van der Waals surface area contributed by atoms with Gasteiger partial charge in [0.15, 0.2) is 0 Å². The van der Waals surface area contributed by atoms with Crippen LogP contribution >= 0.6 is 0 Å². The van der Waals surface area contributed by atoms with Crippen LogP contribution in [0.2, 0.25) is 0 Å². The molecule has 0 saturated heterocycles. The van der Waals surface area contributed by atoms with Crippen LogP contribution in [0.4, 0.5) is 0 Å². The van der Waals surface area contributed by atoms with Crippen LogP contribution in [0.25, 0.3) is 72.3 Å². The molecule has 5 heterocycles. The summed E-state index contributed by atoms with van der Waals surface area (Å²) in [5.74, 6) is 0. The van der Waals surface area contributed by atoms with Crippen molar-refractivity contribution in [3.05, 3.63) is 100 Å². The van der Waals surface area contributed by atoms with E-state index in [0.29, 0.717) is 49.8 Å². The summed E-state index contributed by atoms with van der Waals surface area (Å²) in [6.45, 7) is 31.6. The Bertz CT molecular complexity index is 2940. The minimum absolute atomic E-state index is 0.191. The standard InChI is InChI=1S/C50H56N10/c1-15-20-36(52-14)40-26-29(50(10,11)12)24-38(55-40)31-22-21-30(37-23-28(49(7,8)9)25-39(54-37)33(17-3)51-13)42-41(31)59-47-43-44(56-32(16-2)27(6)53-43)45-46(48(47)60-42)58-35(19-5)34(18-4)57-45/h17,20-26H,3,14-16,18-19H2,1-2,4-13H3/b36-20-,51-33?. The Kier molecular flexibility index (Phi) is 11.3. The largest absolute Gasteiger partial charge is 0.286 e. The Morgan fingerprint density at radius 2 is 1.02 bits per heavy atom. The van der Waals surface area contributed by atoms with Crippen LogP contribution in [0.5, 0.6) is 0 Å². The molecule has 0 amide bonds. The van der Waals surface area contributed by atoms with Gasteiger partial charge in [-0.2, -0.15) is 0 Å². The van der Waals surface area contributed by atoms with Gasteiger partial charge in [0.25, 0.3) is 0 Å². The van der Waals surface area contributed by atoms with E-state index in [1.54, 1.807) is 13.1 Å². The summed E-state index contributed by atoms with van der Waals surface area (Å²) in [4.78, 5) is 51.6. The van der Waals surface area contributed by atoms with Crippen molar-refractivity contribution in [2.45, 2.75) is 113 Å². The Morgan fingerprint density at radius 1 is 0.583 bits per heavy atom. The van der Waals surface area contributed by atoms with Gasteiger partial charge in [-0.25, -0.2) is 39.9 Å². The van der Waals surface area contributed by atoms with E-state index in [-0.39, 0.29) is 10.8 Å². The van der Waals surface area contributed by atoms with Crippen LogP contribution in [0.15, 0.2) is 65.1 Å². The van der Waals surface area contributed by atoms with Crippen molar-refractivity contribution < 1.29 is 0 Å². The summed E-state index contributed by atoms with van der Waals surface area (Å²) in [6.07, 6.45) is 6.80. The first-order valence-electron chi connectivity index (χ1n) is 21.0. The summed E-state index contributed by atoms with van der Waals surface area (Å²) in [7, 11) is 1.76. The molecule has 306 valence electrons. The zero-order chi connectivity index (χ0) is 43.3. The van der Waals surface area contributed by atoms with E-state index in [1.807, 2.05) is 6.92 Å². The number of benzene rings is 2. The quantitative estimate of drug-likeness (QED) is 0.0760. The molecule has 0 atom stereocenters. The fraction of sp³-hybridized carbons (Fsp3) is 0.360. The third-order valence-corrected chi connectivity index (χ3v) is 11.2. The maximum absolute atomic E-state index is 5.61. The molecule has 0 aliphatic rings. The maximum Gasteiger partial charge on any atom is 0.120 e. The Labute approximate surface area is 353 Å². The lowest BCUT2D eigenvalue weighted by molar-refractivity contribution is 0.589. The van der Waals surface area contributed by atoms with E-state index in [2.05, 4.69) is 135 Å². The molecule has 0 spiro atoms. The lowest BCUT2D eigenvalue weighted by Gasteiger charge is -2.22. The predicted octanol–water partition coefficient (Wildman–Crippen LogP) is 11.4. The molecule has 7 aromatic rings. The van der Waals surface area contributed by atoms with E-state index < -0.39 is 0 Å². The minimum atomic E-state index is -0.192. The highest BCUT2D eigenvalue weighted by Crippen LogP contribution is 2.40. The lowest BCUT2D eigenvalue weighted by Crippen LogP contribution is -2.14. The van der Waals surface area contributed by atoms with Gasteiger partial charge in [0.2, 0.25) is 0 Å². The Hall–Kier alpha value is -6.16. The molecular formula is C50H56N10. The van der Waals surface area contributed by atoms with E-state index in [4.69, 9.17) is 39.9 Å². The van der Waals surface area contributed by atoms with E-state index >= 15 is 0 Å². The first-order chi connectivity index (χ1) is 28.6. The van der Waals surface area contributed by atoms with Gasteiger partial charge in [0.1, 0.15) is 33.1 Å². The number of pyridine rings is 2. The van der Waals surface area contributed by atoms with Crippen LogP contribution < -0.4 is 0 Å². The molecule has 60 heavy (non-hydrogen) atoms. The SMILES string of the molecule is C=CC(=NC)c1cc(C(C)(C)C)cc(-c2ccc(-c3cc(C(C)(C)C)cc(/C(=C/CC)N=C)n3)c3nc4c5nc(C)c(CC)nc5c5nc(CC)c(CC)nc5c4nc23)n1. The molecule has 0 N–H and O–H groups in total. The molecule has 0 saturated carbocycles. The number of hydrogen-bond donors (Lipinski definition) is 0. The molecule has 0 unspecified atom stereocenters. The smallest absolute Gasteiger partial charge is 0.120 e. The van der Waals surface area contributed by atoms with Crippen molar-refractivity contribution in [3.8, 4) is 22.5 Å². The number of aliphatic imine (C=N–C) groups is 2. The monoisotopic (exact) mass is 796 g/mol. The molecule has 0 fully saturated rings. The topological polar surface area (TPSA) is 128 Å². The third kappa shape index (κ3) is 7.48. The maximum atomic E-state index is 5.61. The number of nitrogens with zero attached hydrogens (tertiary/aromatic N) is 10. The molecule has 0 bridgehead atoms. The molecule has 5 aromatic heterocycles. The molecule has 0 radical (unpaired) electrons. The minimum Gasteiger partial charge on any atom is -0.286 e. The molecule has 0 aliphatic heterocycles. The predicted molar refractivity (Wildman–Crippen MR) is 250 cm³/mol. The zero-order valence-electron chi connectivity index (χ0n) is 37.3. The summed E-state index contributed by atoms with van der Waals surface area (Å²) in [6, 6.07) is 12.7. The van der Waals surface area contributed by atoms with Gasteiger partial charge < -0.3 is 0 Å². The molecule has 10 heteroatoms. The molecule has 7 rings (SSSR count). The lowest BCUT2D eigenvalue weighted by atomic mass is 9.85. The van der Waals surface area contributed by atoms with Gasteiger partial charge in [-0.05, 0) is 104 Å². The first kappa shape index (κ1) is 42.0. The summed E-state index contributed by atoms with van der Waals surface area (Å²) in [5.41, 5.74) is 16.7. The number of allylic oxidation sites excluding steroid dienone is 2. The van der Waals surface area contributed by atoms with E-state index in [9.17, 15) is 0 Å². The second-order valence-corrected chi connectivity index (χ2v) is 17.3. The van der Waals surface area contributed by atoms with E-state index in [1.165, 1.54) is 0 Å². The van der Waals surface area contributed by atoms with Gasteiger partial charge in [-0.15, -0.1) is 0 Å². The average Bonchev–Trinajstić information content (AvgIpc) is 3.23. The first-order valence-corrected chi connectivity index (χ1v) is 21.0. The van der Waals surface area contributed by atoms with Crippen LogP contribution in [0, 0.1) is 6.92 Å². The van der Waals surface area contributed by atoms with Crippen molar-refractivity contribution in [3.63, 3.8) is 0 Å². The number of rotatable bonds is 10. The number of fused-ring (bicyclic) bond motifs is 7. The van der Waals surface area contributed by atoms with Crippen LogP contribution in [-0.4, -0.2) is 59.3 Å². The van der Waals surface area contributed by atoms with Crippen molar-refractivity contribution in [1.82, 2.24) is 39.9 Å². The summed E-state index contributed by atoms with van der Waals surface area (Å²) in [5, 5.41) is 0. The highest BCUT2D eigenvalue weighted by atomic mass is 14.9. The zero-order valence-corrected chi connectivity index (χ0v) is 37.3. The molecule has 0 aliphatic carbocycles. The molecule has 10 nitrogen and oxygen atoms in total. The van der Waals surface area contributed by atoms with Gasteiger partial charge in [0.05, 0.1) is 68.0 Å². The van der Waals surface area contributed by atoms with Crippen LogP contribution in [0.1, 0.15) is 121 Å². The Balaban J connectivity index is 1.72. The van der Waals surface area contributed by atoms with Gasteiger partial charge in [-0.3, -0.25) is 9.98 Å². The number of hydrogen-bond acceptors (Lipinski definition) is 10. The van der Waals surface area contributed by atoms with Crippen molar-refractivity contribution >= 4 is 62.3 Å². The average molecular weight is 797 g/mol. The van der Waals surface area contributed by atoms with Crippen LogP contribution in [0.3, 0.4) is 0 Å². The number of aromatic nitrogens is 8. The Morgan fingerprint density at radius 3 is 1.43 bits per heavy atom. The van der Waals surface area contributed by atoms with Crippen molar-refractivity contribution in [2.24, 2.45) is 9.98 Å². The van der Waals surface area contributed by atoms with Crippen LogP contribution in [-0.2, 0) is 30.1 Å². The number of aryl methyl sites for hydroxylation is 4. The highest BCUT2D eigenvalue weighted by Gasteiger charge is 2.26. The second-order valence-electron chi connectivity index (χ2n) is 17.3. The van der Waals surface area contributed by atoms with Gasteiger partial charge >= 0.3 is 0 Å². The van der Waals surface area contributed by atoms with Gasteiger partial charge in [0, 0.05) is 18.2 Å². The highest BCUT2D eigenvalue weighted by molar-refractivity contribution is 6.20. The normalized spacial score (nSPS) is 12.9. The fourth-order valence-electron chi connectivity index (χ4n) is 7.72. The fourth-order valence-corrected chi connectivity index (χ4v) is 7.72. The molecular weight excluding hydrogens is 741 g/mol. The van der Waals surface area contributed by atoms with Crippen molar-refractivity contribution in [1.29, 1.82) is 0 Å². The third-order valence-electron chi connectivity index (χ3n) is 11.2. The summed E-state index contributed by atoms with van der Waals surface area (Å²) < 4.78 is 0. The molecule has 2 aromatic carbocycles. The van der Waals surface area contributed by atoms with E-state index in [0.717, 1.165) is 99.2 Å². The van der Waals surface area contributed by atoms with Gasteiger partial charge in [-0.1, -0.05) is 81.9 Å². The second kappa shape index (κ2) is 16.1.